The molecule has 0 saturated heterocycles. The lowest BCUT2D eigenvalue weighted by Gasteiger charge is -2.27. The number of aliphatic hydroxyl groups is 6. The largest absolute Gasteiger partial charge is 0.493 e. The van der Waals surface area contributed by atoms with Gasteiger partial charge in [0, 0.05) is 68.9 Å². The summed E-state index contributed by atoms with van der Waals surface area (Å²) < 4.78 is 83.5. The highest BCUT2D eigenvalue weighted by Gasteiger charge is 2.31. The standard InChI is InChI=1S/C27H35ClIN3O3.C26H32ClFIN3O3.C26H34ClN3O4.C25H31ClFN3O4/c1-6-24-26(29)30-31-32(24)15-22(33)17-34-23-10-7-20(8-11-23)27(4,5)21-9-12-25(19(3)13-21)35-16-18(2)14-28;1-5-23-25(29)30-31-32(23)14-20(33)16-34-21-9-6-18(7-10-21)26(3,4)19-8-11-24(22(28)12-19)35-15-17(2)13-27;1-18(12-27)16-34-25-10-7-21(11-19(25)2)26(3,4)20-5-8-24(9-6-20)33-17-23(32)14-30-22(15-31)13-28-29-30;1-17(11-26)15-34-24-9-6-19(10-23(24)27)25(2,3)18-4-7-22(8-5-18)33-16-21(32)13-30-20(14-31)12-28-29-30/h7-13,18,22,33H,6,14-17H2,1-5H3;6-12,17,20,33H,5,13-16H2,1-4H3;5-11,13,18,23,31-32H,12,14-17H2,1-4H3;4-10,12,17,21,31-32H,11,13-16H2,1-3H3. The lowest BCUT2D eigenvalue weighted by atomic mass is 9.77. The molecule has 4 heterocycles. The molecular weight excluding hydrogens is 2070 g/mol. The molecule has 0 spiro atoms. The number of aliphatic hydroxyl groups excluding tert-OH is 6. The van der Waals surface area contributed by atoms with Crippen LogP contribution in [0.2, 0.25) is 0 Å². The third kappa shape index (κ3) is 32.5. The zero-order valence-corrected chi connectivity index (χ0v) is 88.8. The molecule has 0 bridgehead atoms. The van der Waals surface area contributed by atoms with Gasteiger partial charge in [-0.25, -0.2) is 27.5 Å². The van der Waals surface area contributed by atoms with Crippen molar-refractivity contribution in [2.24, 2.45) is 23.7 Å². The number of aryl methyl sites for hydroxylation is 2. The molecule has 0 radical (unpaired) electrons. The topological polar surface area (TPSA) is 318 Å². The summed E-state index contributed by atoms with van der Waals surface area (Å²) in [5.41, 5.74) is 12.4. The molecule has 12 rings (SSSR count). The fourth-order valence-electron chi connectivity index (χ4n) is 14.5. The van der Waals surface area contributed by atoms with Gasteiger partial charge >= 0.3 is 0 Å². The summed E-state index contributed by atoms with van der Waals surface area (Å²) >= 11 is 27.7. The van der Waals surface area contributed by atoms with Gasteiger partial charge in [0.2, 0.25) is 0 Å². The van der Waals surface area contributed by atoms with E-state index < -0.39 is 41.1 Å². The minimum Gasteiger partial charge on any atom is -0.493 e. The van der Waals surface area contributed by atoms with E-state index in [1.54, 1.807) is 21.5 Å². The molecule has 138 heavy (non-hydrogen) atoms. The van der Waals surface area contributed by atoms with Crippen LogP contribution in [0.1, 0.15) is 175 Å². The van der Waals surface area contributed by atoms with Crippen LogP contribution in [-0.2, 0) is 73.9 Å². The predicted octanol–water partition coefficient (Wildman–Crippen LogP) is 19.4. The Morgan fingerprint density at radius 1 is 0.333 bits per heavy atom. The van der Waals surface area contributed by atoms with Crippen molar-refractivity contribution >= 4 is 91.6 Å². The lowest BCUT2D eigenvalue weighted by molar-refractivity contribution is 0.0865. The van der Waals surface area contributed by atoms with E-state index in [-0.39, 0.29) is 92.7 Å². The smallest absolute Gasteiger partial charge is 0.165 e. The molecule has 6 N–H and O–H groups in total. The monoisotopic (exact) mass is 2200 g/mol. The zero-order chi connectivity index (χ0) is 101. The number of hydrogen-bond acceptors (Lipinski definition) is 22. The lowest BCUT2D eigenvalue weighted by Crippen LogP contribution is -2.25. The van der Waals surface area contributed by atoms with Crippen LogP contribution in [0.15, 0.2) is 182 Å². The summed E-state index contributed by atoms with van der Waals surface area (Å²) in [4.78, 5) is 0. The third-order valence-electron chi connectivity index (χ3n) is 23.8. The summed E-state index contributed by atoms with van der Waals surface area (Å²) in [6, 6.07) is 53.9. The van der Waals surface area contributed by atoms with Gasteiger partial charge in [0.1, 0.15) is 92.7 Å². The van der Waals surface area contributed by atoms with Crippen molar-refractivity contribution in [1.29, 1.82) is 0 Å². The van der Waals surface area contributed by atoms with Crippen LogP contribution in [0.25, 0.3) is 0 Å². The van der Waals surface area contributed by atoms with Crippen molar-refractivity contribution in [3.8, 4) is 46.0 Å². The summed E-state index contributed by atoms with van der Waals surface area (Å²) in [6.07, 6.45) is 1.54. The number of rotatable bonds is 48. The molecule has 0 aliphatic rings. The van der Waals surface area contributed by atoms with Crippen LogP contribution in [0, 0.1) is 56.6 Å². The average Bonchev–Trinajstić information content (AvgIpc) is 1.06. The molecular formula is C104H132Cl4F2I2N12O14. The van der Waals surface area contributed by atoms with Crippen LogP contribution >= 0.6 is 91.6 Å². The molecule has 4 aromatic heterocycles. The maximum Gasteiger partial charge on any atom is 0.165 e. The minimum atomic E-state index is -0.820. The van der Waals surface area contributed by atoms with E-state index in [1.807, 2.05) is 158 Å². The molecule has 8 aromatic carbocycles. The van der Waals surface area contributed by atoms with Gasteiger partial charge in [0.25, 0.3) is 0 Å². The van der Waals surface area contributed by atoms with E-state index in [0.29, 0.717) is 104 Å². The highest BCUT2D eigenvalue weighted by atomic mass is 127. The molecule has 0 fully saturated rings. The van der Waals surface area contributed by atoms with Gasteiger partial charge in [-0.2, -0.15) is 0 Å². The van der Waals surface area contributed by atoms with Crippen LogP contribution in [0.3, 0.4) is 0 Å². The number of benzene rings is 8. The van der Waals surface area contributed by atoms with Crippen molar-refractivity contribution < 1.29 is 77.3 Å². The molecule has 0 aliphatic carbocycles. The highest BCUT2D eigenvalue weighted by molar-refractivity contribution is 14.1. The Balaban J connectivity index is 0.000000206. The second-order valence-electron chi connectivity index (χ2n) is 36.8. The van der Waals surface area contributed by atoms with E-state index in [0.717, 1.165) is 87.8 Å². The first-order chi connectivity index (χ1) is 65.8. The SMILES string of the molecule is CC(CCl)COc1ccc(C(C)(C)c2ccc(OCC(O)Cn3nncc3CO)cc2)cc1F.CCc1c(I)nnn1CC(O)COc1ccc(C(C)(C)c2ccc(OCC(C)CCl)c(C)c2)cc1.CCc1c(I)nnn1CC(O)COc1ccc(C(C)(C)c2ccc(OCC(C)CCl)c(F)c2)cc1.Cc1cc(C(C)(C)c2ccc(OCC(O)Cn3nncc3CO)cc2)ccc1OCC(C)CCl. The number of nitrogens with zero attached hydrogens (tertiary/aromatic N) is 12. The third-order valence-corrected chi connectivity index (χ3v) is 27.6. The number of hydrogen-bond donors (Lipinski definition) is 6. The second kappa shape index (κ2) is 54.3. The van der Waals surface area contributed by atoms with E-state index in [2.05, 4.69) is 185 Å². The number of alkyl halides is 4. The summed E-state index contributed by atoms with van der Waals surface area (Å²) in [6.45, 7) is 36.3. The average molecular weight is 2210 g/mol. The van der Waals surface area contributed by atoms with Crippen LogP contribution < -0.4 is 37.9 Å². The maximum atomic E-state index is 14.7. The van der Waals surface area contributed by atoms with Gasteiger partial charge in [-0.1, -0.05) is 203 Å². The Bertz CT molecular complexity index is 5360. The van der Waals surface area contributed by atoms with Crippen molar-refractivity contribution in [2.75, 3.05) is 76.4 Å². The van der Waals surface area contributed by atoms with Crippen LogP contribution in [0.5, 0.6) is 46.0 Å². The Kier molecular flexibility index (Phi) is 44.3. The van der Waals surface area contributed by atoms with Gasteiger partial charge in [-0.15, -0.1) is 66.8 Å². The van der Waals surface area contributed by atoms with Crippen LogP contribution in [0.4, 0.5) is 8.78 Å². The Morgan fingerprint density at radius 3 is 0.812 bits per heavy atom. The fraction of sp³-hybridized carbons (Fsp3) is 0.462. The van der Waals surface area contributed by atoms with Gasteiger partial charge in [-0.3, -0.25) is 0 Å². The van der Waals surface area contributed by atoms with Gasteiger partial charge in [0.05, 0.1) is 101 Å². The van der Waals surface area contributed by atoms with Gasteiger partial charge in [-0.05, 0) is 212 Å². The molecule has 0 amide bonds. The van der Waals surface area contributed by atoms with Crippen molar-refractivity contribution in [3.63, 3.8) is 0 Å². The Labute approximate surface area is 857 Å². The quantitative estimate of drug-likeness (QED) is 0.0152. The molecule has 12 aromatic rings. The fourth-order valence-corrected chi connectivity index (χ4v) is 16.4. The molecule has 8 atom stereocenters. The highest BCUT2D eigenvalue weighted by Crippen LogP contribution is 2.40. The first-order valence-corrected chi connectivity index (χ1v) is 50.4. The van der Waals surface area contributed by atoms with Gasteiger partial charge in [0.15, 0.2) is 23.1 Å². The molecule has 8 unspecified atom stereocenters. The summed E-state index contributed by atoms with van der Waals surface area (Å²) in [7, 11) is 0. The number of aromatic nitrogens is 12. The predicted molar refractivity (Wildman–Crippen MR) is 553 cm³/mol. The normalized spacial score (nSPS) is 13.5. The van der Waals surface area contributed by atoms with Gasteiger partial charge < -0.3 is 68.5 Å². The van der Waals surface area contributed by atoms with Crippen molar-refractivity contribution in [1.82, 2.24) is 60.0 Å². The maximum absolute atomic E-state index is 14.7. The van der Waals surface area contributed by atoms with E-state index in [4.69, 9.17) is 84.3 Å². The van der Waals surface area contributed by atoms with Crippen LogP contribution in [-0.4, -0.2) is 191 Å². The summed E-state index contributed by atoms with van der Waals surface area (Å²) in [5, 5.41) is 91.3. The Morgan fingerprint density at radius 2 is 0.572 bits per heavy atom. The molecule has 34 heteroatoms. The van der Waals surface area contributed by atoms with Crippen molar-refractivity contribution in [2.45, 2.75) is 209 Å². The molecule has 0 aliphatic heterocycles. The number of ether oxygens (including phenoxy) is 8. The minimum absolute atomic E-state index is 0.0580. The molecule has 748 valence electrons. The summed E-state index contributed by atoms with van der Waals surface area (Å²) in [5.74, 6) is 7.08. The first kappa shape index (κ1) is 113. The first-order valence-electron chi connectivity index (χ1n) is 46.1. The Hall–Kier alpha value is -9.04. The number of halogens is 8. The second-order valence-corrected chi connectivity index (χ2v) is 40.1. The molecule has 26 nitrogen and oxygen atoms in total. The van der Waals surface area contributed by atoms with E-state index >= 15 is 0 Å². The van der Waals surface area contributed by atoms with E-state index in [1.165, 1.54) is 50.6 Å². The van der Waals surface area contributed by atoms with Crippen molar-refractivity contribution in [3.05, 3.63) is 280 Å². The zero-order valence-electron chi connectivity index (χ0n) is 81.4. The molecule has 0 saturated carbocycles. The van der Waals surface area contributed by atoms with E-state index in [9.17, 15) is 39.4 Å².